The molecule has 3 rings (SSSR count). The summed E-state index contributed by atoms with van der Waals surface area (Å²) in [7, 11) is 0. The fourth-order valence-electron chi connectivity index (χ4n) is 3.38. The van der Waals surface area contributed by atoms with Crippen molar-refractivity contribution in [3.05, 3.63) is 69.4 Å². The number of rotatable bonds is 6. The molecule has 0 bridgehead atoms. The van der Waals surface area contributed by atoms with E-state index in [0.717, 1.165) is 30.5 Å². The highest BCUT2D eigenvalue weighted by molar-refractivity contribution is 5.86. The van der Waals surface area contributed by atoms with Crippen LogP contribution in [-0.4, -0.2) is 20.4 Å². The standard InChI is InChI=1S/C25H26O6/c1-14(2)5-4-6-15(3)7-8-17-19(27)10-9-18(25(17)30)22-13-21(29)24-20(28)11-16(26)12-23(24)31-22/h5,7,9-13,26-28,30H,4,6,8H2,1-3H3/b15-7+. The Morgan fingerprint density at radius 2 is 1.71 bits per heavy atom. The van der Waals surface area contributed by atoms with Crippen LogP contribution in [0.2, 0.25) is 0 Å². The van der Waals surface area contributed by atoms with Gasteiger partial charge in [-0.05, 0) is 52.2 Å². The molecule has 0 aliphatic heterocycles. The number of phenolic OH excluding ortho intramolecular Hbond substituents is 4. The molecule has 0 unspecified atom stereocenters. The van der Waals surface area contributed by atoms with E-state index in [-0.39, 0.29) is 45.3 Å². The maximum absolute atomic E-state index is 12.5. The second-order valence-corrected chi connectivity index (χ2v) is 7.85. The van der Waals surface area contributed by atoms with Crippen LogP contribution in [0.1, 0.15) is 39.2 Å². The summed E-state index contributed by atoms with van der Waals surface area (Å²) in [6, 6.07) is 6.32. The smallest absolute Gasteiger partial charge is 0.197 e. The van der Waals surface area contributed by atoms with Gasteiger partial charge in [0, 0.05) is 23.8 Å². The van der Waals surface area contributed by atoms with Gasteiger partial charge >= 0.3 is 0 Å². The number of phenols is 4. The van der Waals surface area contributed by atoms with Crippen molar-refractivity contribution >= 4 is 11.0 Å². The molecule has 31 heavy (non-hydrogen) atoms. The third kappa shape index (κ3) is 4.91. The first-order valence-electron chi connectivity index (χ1n) is 10.0. The van der Waals surface area contributed by atoms with Crippen molar-refractivity contribution in [3.8, 4) is 34.3 Å². The third-order valence-electron chi connectivity index (χ3n) is 5.06. The van der Waals surface area contributed by atoms with Crippen LogP contribution in [0.15, 0.2) is 62.8 Å². The van der Waals surface area contributed by atoms with Gasteiger partial charge < -0.3 is 24.8 Å². The molecule has 162 valence electrons. The van der Waals surface area contributed by atoms with Crippen molar-refractivity contribution in [2.75, 3.05) is 0 Å². The molecule has 0 atom stereocenters. The Bertz CT molecular complexity index is 1240. The number of benzene rings is 2. The highest BCUT2D eigenvalue weighted by Gasteiger charge is 2.18. The van der Waals surface area contributed by atoms with Gasteiger partial charge in [0.15, 0.2) is 5.43 Å². The predicted octanol–water partition coefficient (Wildman–Crippen LogP) is 5.52. The molecule has 0 saturated carbocycles. The zero-order valence-corrected chi connectivity index (χ0v) is 17.8. The normalized spacial score (nSPS) is 11.6. The minimum atomic E-state index is -0.516. The molecule has 0 saturated heterocycles. The Labute approximate surface area is 180 Å². The summed E-state index contributed by atoms with van der Waals surface area (Å²) in [6.07, 6.45) is 6.21. The van der Waals surface area contributed by atoms with Gasteiger partial charge in [-0.3, -0.25) is 4.79 Å². The van der Waals surface area contributed by atoms with Gasteiger partial charge in [0.25, 0.3) is 0 Å². The fourth-order valence-corrected chi connectivity index (χ4v) is 3.38. The first-order chi connectivity index (χ1) is 14.7. The molecule has 0 amide bonds. The maximum Gasteiger partial charge on any atom is 0.197 e. The second kappa shape index (κ2) is 9.00. The molecule has 2 aromatic carbocycles. The second-order valence-electron chi connectivity index (χ2n) is 7.85. The van der Waals surface area contributed by atoms with Crippen LogP contribution in [0.5, 0.6) is 23.0 Å². The lowest BCUT2D eigenvalue weighted by Crippen LogP contribution is -2.01. The van der Waals surface area contributed by atoms with Crippen LogP contribution < -0.4 is 5.43 Å². The number of fused-ring (bicyclic) bond motifs is 1. The van der Waals surface area contributed by atoms with Gasteiger partial charge in [-0.15, -0.1) is 0 Å². The van der Waals surface area contributed by atoms with E-state index >= 15 is 0 Å². The molecule has 0 fully saturated rings. The van der Waals surface area contributed by atoms with E-state index in [1.54, 1.807) is 0 Å². The van der Waals surface area contributed by atoms with Crippen molar-refractivity contribution in [3.63, 3.8) is 0 Å². The van der Waals surface area contributed by atoms with Crippen molar-refractivity contribution in [1.29, 1.82) is 0 Å². The van der Waals surface area contributed by atoms with Crippen LogP contribution in [-0.2, 0) is 6.42 Å². The van der Waals surface area contributed by atoms with E-state index in [1.165, 1.54) is 23.8 Å². The van der Waals surface area contributed by atoms with Gasteiger partial charge in [0.05, 0.1) is 5.56 Å². The van der Waals surface area contributed by atoms with E-state index in [4.69, 9.17) is 4.42 Å². The zero-order valence-electron chi connectivity index (χ0n) is 17.8. The summed E-state index contributed by atoms with van der Waals surface area (Å²) >= 11 is 0. The molecule has 0 spiro atoms. The Balaban J connectivity index is 1.99. The minimum absolute atomic E-state index is 0.0102. The van der Waals surface area contributed by atoms with E-state index in [9.17, 15) is 25.2 Å². The third-order valence-corrected chi connectivity index (χ3v) is 5.06. The topological polar surface area (TPSA) is 111 Å². The minimum Gasteiger partial charge on any atom is -0.508 e. The number of hydrogen-bond acceptors (Lipinski definition) is 6. The summed E-state index contributed by atoms with van der Waals surface area (Å²) in [5.74, 6) is -0.840. The van der Waals surface area contributed by atoms with E-state index < -0.39 is 5.43 Å². The van der Waals surface area contributed by atoms with E-state index in [2.05, 4.69) is 19.9 Å². The Hall–Kier alpha value is -3.67. The van der Waals surface area contributed by atoms with Crippen molar-refractivity contribution in [1.82, 2.24) is 0 Å². The van der Waals surface area contributed by atoms with E-state index in [1.807, 2.05) is 13.0 Å². The van der Waals surface area contributed by atoms with E-state index in [0.29, 0.717) is 12.0 Å². The Kier molecular flexibility index (Phi) is 6.39. The quantitative estimate of drug-likeness (QED) is 0.389. The van der Waals surface area contributed by atoms with Gasteiger partial charge in [-0.1, -0.05) is 23.3 Å². The van der Waals surface area contributed by atoms with Gasteiger partial charge in [-0.2, -0.15) is 0 Å². The fraction of sp³-hybridized carbons (Fsp3) is 0.240. The highest BCUT2D eigenvalue weighted by Crippen LogP contribution is 2.39. The first kappa shape index (κ1) is 22.0. The lowest BCUT2D eigenvalue weighted by molar-refractivity contribution is 0.440. The lowest BCUT2D eigenvalue weighted by Gasteiger charge is -2.11. The molecule has 6 heteroatoms. The summed E-state index contributed by atoms with van der Waals surface area (Å²) in [5.41, 5.74) is 2.41. The Morgan fingerprint density at radius 3 is 2.42 bits per heavy atom. The summed E-state index contributed by atoms with van der Waals surface area (Å²) in [4.78, 5) is 12.5. The molecule has 0 radical (unpaired) electrons. The average Bonchev–Trinajstić information content (AvgIpc) is 2.66. The largest absolute Gasteiger partial charge is 0.508 e. The van der Waals surface area contributed by atoms with Crippen LogP contribution in [0.25, 0.3) is 22.3 Å². The monoisotopic (exact) mass is 422 g/mol. The zero-order chi connectivity index (χ0) is 22.7. The molecule has 4 N–H and O–H groups in total. The molecule has 6 nitrogen and oxygen atoms in total. The molecule has 3 aromatic rings. The SMILES string of the molecule is CC(C)=CCC/C(C)=C/Cc1c(O)ccc(-c2cc(=O)c3c(O)cc(O)cc3o2)c1O. The summed E-state index contributed by atoms with van der Waals surface area (Å²) in [6.45, 7) is 6.10. The first-order valence-corrected chi connectivity index (χ1v) is 10.0. The molecular formula is C25H26O6. The summed E-state index contributed by atoms with van der Waals surface area (Å²) in [5, 5.41) is 40.6. The van der Waals surface area contributed by atoms with Crippen LogP contribution in [0, 0.1) is 0 Å². The summed E-state index contributed by atoms with van der Waals surface area (Å²) < 4.78 is 5.68. The predicted molar refractivity (Wildman–Crippen MR) is 121 cm³/mol. The van der Waals surface area contributed by atoms with Gasteiger partial charge in [0.2, 0.25) is 0 Å². The molecular weight excluding hydrogens is 396 g/mol. The number of aromatic hydroxyl groups is 4. The van der Waals surface area contributed by atoms with Crippen LogP contribution in [0.3, 0.4) is 0 Å². The van der Waals surface area contributed by atoms with Gasteiger partial charge in [-0.25, -0.2) is 0 Å². The molecule has 1 aromatic heterocycles. The van der Waals surface area contributed by atoms with Gasteiger partial charge in [0.1, 0.15) is 39.7 Å². The number of allylic oxidation sites excluding steroid dienone is 4. The highest BCUT2D eigenvalue weighted by atomic mass is 16.3. The molecule has 1 heterocycles. The Morgan fingerprint density at radius 1 is 0.968 bits per heavy atom. The van der Waals surface area contributed by atoms with Crippen molar-refractivity contribution < 1.29 is 24.8 Å². The lowest BCUT2D eigenvalue weighted by atomic mass is 10.0. The van der Waals surface area contributed by atoms with Crippen molar-refractivity contribution in [2.24, 2.45) is 0 Å². The van der Waals surface area contributed by atoms with Crippen molar-refractivity contribution in [2.45, 2.75) is 40.0 Å². The maximum atomic E-state index is 12.5. The number of hydrogen-bond donors (Lipinski definition) is 4. The van der Waals surface area contributed by atoms with Crippen LogP contribution in [0.4, 0.5) is 0 Å². The average molecular weight is 422 g/mol. The van der Waals surface area contributed by atoms with Crippen LogP contribution >= 0.6 is 0 Å². The molecule has 0 aliphatic rings. The molecule has 0 aliphatic carbocycles.